The Bertz CT molecular complexity index is 1260. The molecule has 2 atom stereocenters. The van der Waals surface area contributed by atoms with Crippen molar-refractivity contribution in [1.82, 2.24) is 0 Å². The zero-order chi connectivity index (χ0) is 29.4. The second kappa shape index (κ2) is 14.1. The lowest BCUT2D eigenvalue weighted by Gasteiger charge is -2.39. The van der Waals surface area contributed by atoms with Gasteiger partial charge in [-0.25, -0.2) is 0 Å². The summed E-state index contributed by atoms with van der Waals surface area (Å²) in [6.07, 6.45) is 11.2. The van der Waals surface area contributed by atoms with E-state index >= 15 is 0 Å². The van der Waals surface area contributed by atoms with Crippen LogP contribution in [0.1, 0.15) is 120 Å². The van der Waals surface area contributed by atoms with Crippen LogP contribution in [-0.2, 0) is 5.41 Å². The Morgan fingerprint density at radius 3 is 1.17 bits per heavy atom. The zero-order valence-electron chi connectivity index (χ0n) is 26.3. The predicted octanol–water partition coefficient (Wildman–Crippen LogP) is 12.2. The fourth-order valence-electron chi connectivity index (χ4n) is 6.97. The molecule has 1 saturated carbocycles. The molecular weight excluding hydrogens is 508 g/mol. The van der Waals surface area contributed by atoms with Crippen LogP contribution >= 0.6 is 0 Å². The third kappa shape index (κ3) is 7.09. The van der Waals surface area contributed by atoms with Gasteiger partial charge in [-0.1, -0.05) is 108 Å². The Labute approximate surface area is 255 Å². The van der Waals surface area contributed by atoms with Gasteiger partial charge in [0.2, 0.25) is 0 Å². The van der Waals surface area contributed by atoms with Gasteiger partial charge in [0.1, 0.15) is 0 Å². The van der Waals surface area contributed by atoms with Crippen molar-refractivity contribution in [2.45, 2.75) is 103 Å². The maximum atomic E-state index is 3.62. The number of nitrogens with one attached hydrogen (secondary N) is 2. The quantitative estimate of drug-likeness (QED) is 0.181. The first-order valence-corrected chi connectivity index (χ1v) is 16.5. The van der Waals surface area contributed by atoms with Gasteiger partial charge in [0, 0.05) is 28.2 Å². The van der Waals surface area contributed by atoms with Crippen molar-refractivity contribution in [3.8, 4) is 0 Å². The van der Waals surface area contributed by atoms with E-state index in [4.69, 9.17) is 0 Å². The molecule has 1 fully saturated rings. The highest BCUT2D eigenvalue weighted by Gasteiger charge is 2.35. The van der Waals surface area contributed by atoms with Crippen molar-refractivity contribution in [3.63, 3.8) is 0 Å². The van der Waals surface area contributed by atoms with Crippen LogP contribution in [0.3, 0.4) is 0 Å². The molecule has 42 heavy (non-hydrogen) atoms. The molecule has 1 aliphatic rings. The normalized spacial score (nSPS) is 16.0. The summed E-state index contributed by atoms with van der Waals surface area (Å²) in [5, 5.41) is 7.25. The SMILES string of the molecule is CCCC(C)c1ccc(Nc2ccc(C3(c4ccc(Nc5ccc(C(C)CCC)cc5)cc4)CCCCC3)cc2)cc1. The molecule has 4 aromatic rings. The largest absolute Gasteiger partial charge is 0.356 e. The summed E-state index contributed by atoms with van der Waals surface area (Å²) >= 11 is 0. The first-order valence-electron chi connectivity index (χ1n) is 16.5. The summed E-state index contributed by atoms with van der Waals surface area (Å²) in [5.41, 5.74) is 10.4. The Kier molecular flexibility index (Phi) is 10.1. The van der Waals surface area contributed by atoms with E-state index in [1.165, 1.54) is 80.0 Å². The molecule has 1 aliphatic carbocycles. The van der Waals surface area contributed by atoms with E-state index < -0.39 is 0 Å². The zero-order valence-corrected chi connectivity index (χ0v) is 26.3. The molecule has 2 nitrogen and oxygen atoms in total. The van der Waals surface area contributed by atoms with Crippen molar-refractivity contribution in [2.75, 3.05) is 10.6 Å². The minimum atomic E-state index is 0.0867. The van der Waals surface area contributed by atoms with Gasteiger partial charge in [-0.05, 0) is 108 Å². The van der Waals surface area contributed by atoms with E-state index in [-0.39, 0.29) is 5.41 Å². The lowest BCUT2D eigenvalue weighted by atomic mass is 9.65. The molecule has 0 spiro atoms. The molecule has 0 heterocycles. The van der Waals surface area contributed by atoms with Crippen LogP contribution in [0.4, 0.5) is 22.7 Å². The molecule has 2 N–H and O–H groups in total. The molecule has 2 unspecified atom stereocenters. The minimum Gasteiger partial charge on any atom is -0.356 e. The molecule has 0 aromatic heterocycles. The van der Waals surface area contributed by atoms with E-state index in [1.807, 2.05) is 0 Å². The fourth-order valence-corrected chi connectivity index (χ4v) is 6.97. The van der Waals surface area contributed by atoms with E-state index in [9.17, 15) is 0 Å². The van der Waals surface area contributed by atoms with Gasteiger partial charge in [-0.2, -0.15) is 0 Å². The van der Waals surface area contributed by atoms with E-state index in [0.29, 0.717) is 11.8 Å². The second-order valence-electron chi connectivity index (χ2n) is 12.7. The average molecular weight is 559 g/mol. The van der Waals surface area contributed by atoms with Gasteiger partial charge in [0.15, 0.2) is 0 Å². The Hall–Kier alpha value is -3.52. The van der Waals surface area contributed by atoms with Gasteiger partial charge in [0.05, 0.1) is 0 Å². The van der Waals surface area contributed by atoms with Gasteiger partial charge >= 0.3 is 0 Å². The summed E-state index contributed by atoms with van der Waals surface area (Å²) in [4.78, 5) is 0. The minimum absolute atomic E-state index is 0.0867. The van der Waals surface area contributed by atoms with E-state index in [0.717, 1.165) is 22.7 Å². The highest BCUT2D eigenvalue weighted by molar-refractivity contribution is 5.63. The highest BCUT2D eigenvalue weighted by atomic mass is 14.9. The monoisotopic (exact) mass is 558 g/mol. The Morgan fingerprint density at radius 2 is 0.833 bits per heavy atom. The van der Waals surface area contributed by atoms with E-state index in [2.05, 4.69) is 135 Å². The molecule has 0 aliphatic heterocycles. The van der Waals surface area contributed by atoms with Crippen LogP contribution in [0.25, 0.3) is 0 Å². The van der Waals surface area contributed by atoms with Gasteiger partial charge < -0.3 is 10.6 Å². The van der Waals surface area contributed by atoms with Gasteiger partial charge in [0.25, 0.3) is 0 Å². The predicted molar refractivity (Wildman–Crippen MR) is 183 cm³/mol. The molecule has 0 amide bonds. The standard InChI is InChI=1S/C40H50N2/c1-5-10-30(3)32-12-20-36(21-13-32)41-38-24-16-34(17-25-38)40(28-8-7-9-29-40)35-18-26-39(27-19-35)42-37-22-14-33(15-23-37)31(4)11-6-2/h12-27,30-31,41-42H,5-11,28-29H2,1-4H3. The molecule has 5 rings (SSSR count). The fraction of sp³-hybridized carbons (Fsp3) is 0.400. The van der Waals surface area contributed by atoms with Crippen molar-refractivity contribution < 1.29 is 0 Å². The highest BCUT2D eigenvalue weighted by Crippen LogP contribution is 2.45. The summed E-state index contributed by atoms with van der Waals surface area (Å²) in [6.45, 7) is 9.16. The molecule has 0 bridgehead atoms. The summed E-state index contributed by atoms with van der Waals surface area (Å²) in [6, 6.07) is 36.5. The van der Waals surface area contributed by atoms with Crippen LogP contribution in [0, 0.1) is 0 Å². The van der Waals surface area contributed by atoms with Crippen molar-refractivity contribution >= 4 is 22.7 Å². The van der Waals surface area contributed by atoms with Crippen LogP contribution in [-0.4, -0.2) is 0 Å². The van der Waals surface area contributed by atoms with Gasteiger partial charge in [-0.3, -0.25) is 0 Å². The van der Waals surface area contributed by atoms with Gasteiger partial charge in [-0.15, -0.1) is 0 Å². The van der Waals surface area contributed by atoms with E-state index in [1.54, 1.807) is 0 Å². The first-order chi connectivity index (χ1) is 20.5. The Morgan fingerprint density at radius 1 is 0.500 bits per heavy atom. The van der Waals surface area contributed by atoms with Crippen LogP contribution in [0.2, 0.25) is 0 Å². The smallest absolute Gasteiger partial charge is 0.0384 e. The molecule has 2 heteroatoms. The lowest BCUT2D eigenvalue weighted by Crippen LogP contribution is -2.30. The summed E-state index contributed by atoms with van der Waals surface area (Å²) < 4.78 is 0. The van der Waals surface area contributed by atoms with Crippen LogP contribution in [0.5, 0.6) is 0 Å². The van der Waals surface area contributed by atoms with Crippen molar-refractivity contribution in [2.24, 2.45) is 0 Å². The maximum Gasteiger partial charge on any atom is 0.0384 e. The number of benzene rings is 4. The van der Waals surface area contributed by atoms with Crippen molar-refractivity contribution in [1.29, 1.82) is 0 Å². The maximum absolute atomic E-state index is 3.62. The summed E-state index contributed by atoms with van der Waals surface area (Å²) in [7, 11) is 0. The molecule has 0 radical (unpaired) electrons. The third-order valence-electron chi connectivity index (χ3n) is 9.56. The number of rotatable bonds is 12. The second-order valence-corrected chi connectivity index (χ2v) is 12.7. The number of hydrogen-bond donors (Lipinski definition) is 2. The number of hydrogen-bond acceptors (Lipinski definition) is 2. The molecule has 4 aromatic carbocycles. The molecule has 220 valence electrons. The van der Waals surface area contributed by atoms with Crippen molar-refractivity contribution in [3.05, 3.63) is 119 Å². The van der Waals surface area contributed by atoms with Crippen LogP contribution in [0.15, 0.2) is 97.1 Å². The topological polar surface area (TPSA) is 24.1 Å². The first kappa shape index (κ1) is 30.0. The lowest BCUT2D eigenvalue weighted by molar-refractivity contribution is 0.346. The third-order valence-corrected chi connectivity index (χ3v) is 9.56. The summed E-state index contributed by atoms with van der Waals surface area (Å²) in [5.74, 6) is 1.23. The average Bonchev–Trinajstić information content (AvgIpc) is 3.03. The van der Waals surface area contributed by atoms with Crippen LogP contribution < -0.4 is 10.6 Å². The number of anilines is 4. The molecule has 0 saturated heterocycles. The molecular formula is C40H50N2. The Balaban J connectivity index is 1.28.